The van der Waals surface area contributed by atoms with Gasteiger partial charge in [-0.15, -0.1) is 0 Å². The Labute approximate surface area is 152 Å². The van der Waals surface area contributed by atoms with Crippen molar-refractivity contribution in [1.82, 2.24) is 20.2 Å². The van der Waals surface area contributed by atoms with Gasteiger partial charge in [0.2, 0.25) is 0 Å². The van der Waals surface area contributed by atoms with Crippen LogP contribution in [0.15, 0.2) is 41.0 Å². The van der Waals surface area contributed by atoms with Crippen molar-refractivity contribution in [3.8, 4) is 0 Å². The maximum atomic E-state index is 5.57. The van der Waals surface area contributed by atoms with E-state index in [1.807, 2.05) is 12.1 Å². The smallest absolute Gasteiger partial charge is 0.169 e. The molecule has 0 unspecified atom stereocenters. The summed E-state index contributed by atoms with van der Waals surface area (Å²) in [6.07, 6.45) is 3.93. The predicted octanol–water partition coefficient (Wildman–Crippen LogP) is 3.72. The summed E-state index contributed by atoms with van der Waals surface area (Å²) < 4.78 is 5.35. The largest absolute Gasteiger partial charge is 0.467 e. The standard InChI is InChI=1S/C19H22N4OS/c1-13-6-7-16-17(10-13)22-18(21-16)14-4-2-8-23(12-14)19(25)20-11-15-5-3-9-24-15/h3,5-7,9-10,14H,2,4,8,11-12H2,1H3,(H,20,25)(H,21,22)/t14-/m0/s1. The lowest BCUT2D eigenvalue weighted by Crippen LogP contribution is -2.44. The van der Waals surface area contributed by atoms with E-state index in [1.165, 1.54) is 5.56 Å². The van der Waals surface area contributed by atoms with Crippen molar-refractivity contribution in [1.29, 1.82) is 0 Å². The van der Waals surface area contributed by atoms with Crippen LogP contribution in [0.3, 0.4) is 0 Å². The number of furan rings is 1. The van der Waals surface area contributed by atoms with Crippen LogP contribution in [0.25, 0.3) is 11.0 Å². The number of thiocarbonyl (C=S) groups is 1. The van der Waals surface area contributed by atoms with Gasteiger partial charge in [-0.25, -0.2) is 4.98 Å². The van der Waals surface area contributed by atoms with Gasteiger partial charge in [-0.05, 0) is 61.8 Å². The first-order valence-electron chi connectivity index (χ1n) is 8.70. The molecule has 3 aromatic rings. The van der Waals surface area contributed by atoms with Gasteiger partial charge in [0, 0.05) is 19.0 Å². The molecular weight excluding hydrogens is 332 g/mol. The number of benzene rings is 1. The van der Waals surface area contributed by atoms with Crippen LogP contribution in [0.1, 0.15) is 35.9 Å². The summed E-state index contributed by atoms with van der Waals surface area (Å²) >= 11 is 5.57. The summed E-state index contributed by atoms with van der Waals surface area (Å²) in [5, 5.41) is 4.08. The summed E-state index contributed by atoms with van der Waals surface area (Å²) in [6, 6.07) is 10.2. The highest BCUT2D eigenvalue weighted by Gasteiger charge is 2.25. The quantitative estimate of drug-likeness (QED) is 0.702. The maximum absolute atomic E-state index is 5.57. The van der Waals surface area contributed by atoms with Crippen molar-refractivity contribution in [3.05, 3.63) is 53.7 Å². The van der Waals surface area contributed by atoms with Gasteiger partial charge >= 0.3 is 0 Å². The molecule has 2 N–H and O–H groups in total. The molecule has 130 valence electrons. The average molecular weight is 354 g/mol. The minimum absolute atomic E-state index is 0.379. The van der Waals surface area contributed by atoms with Gasteiger partial charge in [-0.3, -0.25) is 0 Å². The van der Waals surface area contributed by atoms with E-state index in [0.717, 1.165) is 53.7 Å². The second-order valence-corrected chi connectivity index (χ2v) is 7.05. The molecule has 0 amide bonds. The first-order valence-corrected chi connectivity index (χ1v) is 9.11. The Bertz CT molecular complexity index is 871. The Morgan fingerprint density at radius 2 is 2.36 bits per heavy atom. The van der Waals surface area contributed by atoms with E-state index < -0.39 is 0 Å². The lowest BCUT2D eigenvalue weighted by atomic mass is 9.98. The summed E-state index contributed by atoms with van der Waals surface area (Å²) in [4.78, 5) is 10.5. The zero-order chi connectivity index (χ0) is 17.2. The van der Waals surface area contributed by atoms with Gasteiger partial charge in [0.15, 0.2) is 5.11 Å². The number of likely N-dealkylation sites (tertiary alicyclic amines) is 1. The molecule has 0 saturated carbocycles. The van der Waals surface area contributed by atoms with Crippen LogP contribution < -0.4 is 5.32 Å². The predicted molar refractivity (Wildman–Crippen MR) is 103 cm³/mol. The molecule has 0 bridgehead atoms. The normalized spacial score (nSPS) is 17.8. The Morgan fingerprint density at radius 3 is 3.20 bits per heavy atom. The number of fused-ring (bicyclic) bond motifs is 1. The third-order valence-corrected chi connectivity index (χ3v) is 5.15. The molecule has 1 aliphatic rings. The zero-order valence-corrected chi connectivity index (χ0v) is 15.1. The number of aromatic amines is 1. The number of aromatic nitrogens is 2. The third-order valence-electron chi connectivity index (χ3n) is 4.74. The Hall–Kier alpha value is -2.34. The first-order chi connectivity index (χ1) is 12.2. The van der Waals surface area contributed by atoms with E-state index in [0.29, 0.717) is 12.5 Å². The van der Waals surface area contributed by atoms with Gasteiger partial charge in [-0.1, -0.05) is 6.07 Å². The van der Waals surface area contributed by atoms with Crippen LogP contribution >= 0.6 is 12.2 Å². The zero-order valence-electron chi connectivity index (χ0n) is 14.3. The molecule has 5 nitrogen and oxygen atoms in total. The van der Waals surface area contributed by atoms with Crippen molar-refractivity contribution in [2.24, 2.45) is 0 Å². The summed E-state index contributed by atoms with van der Waals surface area (Å²) in [5.41, 5.74) is 3.40. The molecule has 4 rings (SSSR count). The molecule has 0 spiro atoms. The van der Waals surface area contributed by atoms with Gasteiger partial charge in [-0.2, -0.15) is 0 Å². The summed E-state index contributed by atoms with van der Waals surface area (Å²) in [5.74, 6) is 2.34. The number of nitrogens with zero attached hydrogens (tertiary/aromatic N) is 2. The van der Waals surface area contributed by atoms with Crippen molar-refractivity contribution in [2.45, 2.75) is 32.2 Å². The fourth-order valence-corrected chi connectivity index (χ4v) is 3.65. The molecule has 0 aliphatic carbocycles. The summed E-state index contributed by atoms with van der Waals surface area (Å²) in [7, 11) is 0. The molecule has 1 saturated heterocycles. The van der Waals surface area contributed by atoms with Crippen LogP contribution in [0.2, 0.25) is 0 Å². The summed E-state index contributed by atoms with van der Waals surface area (Å²) in [6.45, 7) is 4.60. The van der Waals surface area contributed by atoms with Crippen LogP contribution in [0.4, 0.5) is 0 Å². The molecule has 0 radical (unpaired) electrons. The maximum Gasteiger partial charge on any atom is 0.169 e. The minimum atomic E-state index is 0.379. The lowest BCUT2D eigenvalue weighted by molar-refractivity contribution is 0.299. The van der Waals surface area contributed by atoms with E-state index in [4.69, 9.17) is 21.6 Å². The SMILES string of the molecule is Cc1ccc2nc([C@H]3CCCN(C(=S)NCc4ccco4)C3)[nH]c2c1. The molecule has 1 atom stereocenters. The van der Waals surface area contributed by atoms with Crippen LogP contribution in [0, 0.1) is 6.92 Å². The highest BCUT2D eigenvalue weighted by atomic mass is 32.1. The van der Waals surface area contributed by atoms with Gasteiger partial charge in [0.25, 0.3) is 0 Å². The highest BCUT2D eigenvalue weighted by molar-refractivity contribution is 7.80. The second kappa shape index (κ2) is 6.88. The molecule has 25 heavy (non-hydrogen) atoms. The number of imidazole rings is 1. The molecule has 1 aliphatic heterocycles. The number of piperidine rings is 1. The fourth-order valence-electron chi connectivity index (χ4n) is 3.41. The third kappa shape index (κ3) is 3.54. The van der Waals surface area contributed by atoms with Crippen molar-refractivity contribution >= 4 is 28.4 Å². The Balaban J connectivity index is 1.43. The van der Waals surface area contributed by atoms with E-state index in [9.17, 15) is 0 Å². The minimum Gasteiger partial charge on any atom is -0.467 e. The topological polar surface area (TPSA) is 57.1 Å². The van der Waals surface area contributed by atoms with E-state index in [1.54, 1.807) is 6.26 Å². The van der Waals surface area contributed by atoms with Crippen molar-refractivity contribution in [3.63, 3.8) is 0 Å². The average Bonchev–Trinajstić information content (AvgIpc) is 3.28. The molecule has 1 fully saturated rings. The van der Waals surface area contributed by atoms with E-state index in [2.05, 4.69) is 40.3 Å². The molecular formula is C19H22N4OS. The monoisotopic (exact) mass is 354 g/mol. The number of rotatable bonds is 3. The van der Waals surface area contributed by atoms with E-state index in [-0.39, 0.29) is 0 Å². The Kier molecular flexibility index (Phi) is 4.44. The number of nitrogens with one attached hydrogen (secondary N) is 2. The van der Waals surface area contributed by atoms with Crippen LogP contribution in [-0.2, 0) is 6.54 Å². The van der Waals surface area contributed by atoms with Crippen LogP contribution in [-0.4, -0.2) is 33.1 Å². The van der Waals surface area contributed by atoms with Gasteiger partial charge < -0.3 is 19.6 Å². The molecule has 1 aromatic carbocycles. The van der Waals surface area contributed by atoms with Crippen molar-refractivity contribution < 1.29 is 4.42 Å². The fraction of sp³-hybridized carbons (Fsp3) is 0.368. The molecule has 3 heterocycles. The van der Waals surface area contributed by atoms with Crippen LogP contribution in [0.5, 0.6) is 0 Å². The molecule has 6 heteroatoms. The number of hydrogen-bond donors (Lipinski definition) is 2. The van der Waals surface area contributed by atoms with Crippen molar-refractivity contribution in [2.75, 3.05) is 13.1 Å². The number of aryl methyl sites for hydroxylation is 1. The number of hydrogen-bond acceptors (Lipinski definition) is 3. The second-order valence-electron chi connectivity index (χ2n) is 6.67. The van der Waals surface area contributed by atoms with E-state index >= 15 is 0 Å². The van der Waals surface area contributed by atoms with Gasteiger partial charge in [0.05, 0.1) is 23.8 Å². The highest BCUT2D eigenvalue weighted by Crippen LogP contribution is 2.27. The Morgan fingerprint density at radius 1 is 1.44 bits per heavy atom. The number of H-pyrrole nitrogens is 1. The lowest BCUT2D eigenvalue weighted by Gasteiger charge is -2.33. The molecule has 2 aromatic heterocycles. The van der Waals surface area contributed by atoms with Gasteiger partial charge in [0.1, 0.15) is 11.6 Å². The first kappa shape index (κ1) is 16.1.